The van der Waals surface area contributed by atoms with Gasteiger partial charge in [0.1, 0.15) is 0 Å². The van der Waals surface area contributed by atoms with E-state index in [-0.39, 0.29) is 17.0 Å². The summed E-state index contributed by atoms with van der Waals surface area (Å²) in [4.78, 5) is 7.47. The molecule has 0 atom stereocenters. The van der Waals surface area contributed by atoms with E-state index >= 15 is 0 Å². The predicted octanol–water partition coefficient (Wildman–Crippen LogP) is 16.1. The SMILES string of the molecule is [2H]C([2H])([2H])c1cccc(-c2cccc(-c3ccc(-c4ccccc4)cc3)c2-n2[c](=[Pt])n(-c3[c-]c(Oc4nc(N5B(c6ccccc6)n6c7ccccc7c7cc[c-]c5c76)cc(C([2H])([2H])[2H])c4-c4ccccc4)ccc3)c3ccccc32)c1. The molecular formula is C68H46BN5OPt-2. The number of anilines is 2. The third kappa shape index (κ3) is 7.61. The first-order chi connectivity index (χ1) is 39.9. The molecule has 14 rings (SSSR count). The van der Waals surface area contributed by atoms with Crippen LogP contribution in [0.3, 0.4) is 0 Å². The van der Waals surface area contributed by atoms with Crippen molar-refractivity contribution in [3.8, 4) is 67.5 Å². The number of rotatable bonds is 10. The van der Waals surface area contributed by atoms with E-state index in [2.05, 4.69) is 135 Å². The summed E-state index contributed by atoms with van der Waals surface area (Å²) in [6.45, 7) is -5.38. The molecule has 0 spiro atoms. The molecule has 0 aliphatic carbocycles. The number of benzene rings is 10. The molecule has 0 amide bonds. The molecule has 13 aromatic rings. The van der Waals surface area contributed by atoms with Gasteiger partial charge in [-0.3, -0.25) is 0 Å². The number of ether oxygens (including phenoxy) is 1. The minimum atomic E-state index is -2.60. The second-order valence-corrected chi connectivity index (χ2v) is 19.8. The summed E-state index contributed by atoms with van der Waals surface area (Å²) in [6.07, 6.45) is 0. The van der Waals surface area contributed by atoms with E-state index in [0.29, 0.717) is 28.4 Å². The molecule has 1 aliphatic rings. The number of pyridine rings is 1. The Bertz CT molecular complexity index is 4680. The standard InChI is InChI=1S/C68H46BN5O.Pt/c1-46-20-16-25-52(42-46)57-32-18-31-56(50-40-38-49(39-41-50)48-21-6-3-7-22-48)66(57)72-45-71(61-35-14-15-36-62(61)72)54-28-17-29-55(44-54)75-68-65(51-23-8-4-9-24-51)47(2)43-64(70-68)73-63-37-19-33-59-58-30-12-13-34-60(58)74(67(59)63)69(73)53-26-10-5-11-27-53;/h3-36,38-43H,1-2H3;/q-2;/i1D3,2D3;. The molecule has 0 unspecified atom stereocenters. The van der Waals surface area contributed by atoms with Gasteiger partial charge in [0.05, 0.1) is 0 Å². The van der Waals surface area contributed by atoms with Crippen molar-refractivity contribution in [2.24, 2.45) is 0 Å². The van der Waals surface area contributed by atoms with Crippen LogP contribution < -0.4 is 15.0 Å². The number of hydrogen-bond acceptors (Lipinski definition) is 3. The second kappa shape index (κ2) is 18.7. The van der Waals surface area contributed by atoms with E-state index in [0.717, 1.165) is 86.9 Å². The summed E-state index contributed by atoms with van der Waals surface area (Å²) in [5, 5.41) is 2.17. The Balaban J connectivity index is 0.948. The van der Waals surface area contributed by atoms with Crippen molar-refractivity contribution in [2.75, 3.05) is 4.81 Å². The van der Waals surface area contributed by atoms with Crippen LogP contribution in [0.2, 0.25) is 0 Å². The summed E-state index contributed by atoms with van der Waals surface area (Å²) in [7, 11) is 0. The fourth-order valence-electron chi connectivity index (χ4n) is 11.1. The van der Waals surface area contributed by atoms with Crippen molar-refractivity contribution in [1.82, 2.24) is 18.6 Å². The fraction of sp³-hybridized carbons (Fsp3) is 0.0294. The molecule has 76 heavy (non-hydrogen) atoms. The monoisotopic (exact) mass is 1160 g/mol. The van der Waals surface area contributed by atoms with E-state index in [4.69, 9.17) is 17.9 Å². The normalized spacial score (nSPS) is 13.6. The molecule has 10 aromatic carbocycles. The van der Waals surface area contributed by atoms with Gasteiger partial charge in [0.2, 0.25) is 0 Å². The number of nitrogens with zero attached hydrogens (tertiary/aromatic N) is 5. The molecule has 0 radical (unpaired) electrons. The second-order valence-electron chi connectivity index (χ2n) is 18.8. The van der Waals surface area contributed by atoms with E-state index in [1.165, 1.54) is 0 Å². The Kier molecular flexibility index (Phi) is 9.71. The van der Waals surface area contributed by atoms with Crippen molar-refractivity contribution >= 4 is 56.8 Å². The molecule has 0 saturated carbocycles. The van der Waals surface area contributed by atoms with Crippen molar-refractivity contribution in [3.05, 3.63) is 270 Å². The summed E-state index contributed by atoms with van der Waals surface area (Å²) < 4.78 is 67.1. The van der Waals surface area contributed by atoms with Crippen molar-refractivity contribution in [3.63, 3.8) is 0 Å². The van der Waals surface area contributed by atoms with Gasteiger partial charge < -0.3 is 0 Å². The summed E-state index contributed by atoms with van der Waals surface area (Å²) in [6, 6.07) is 86.9. The zero-order valence-electron chi connectivity index (χ0n) is 46.6. The Morgan fingerprint density at radius 1 is 0.539 bits per heavy atom. The number of aryl methyl sites for hydroxylation is 2. The molecule has 0 N–H and O–H groups in total. The predicted molar refractivity (Wildman–Crippen MR) is 308 cm³/mol. The van der Waals surface area contributed by atoms with Crippen LogP contribution in [-0.4, -0.2) is 25.6 Å². The number of para-hydroxylation sites is 4. The quantitative estimate of drug-likeness (QED) is 0.101. The zero-order chi connectivity index (χ0) is 55.9. The first-order valence-electron chi connectivity index (χ1n) is 28.1. The van der Waals surface area contributed by atoms with Gasteiger partial charge in [-0.05, 0) is 11.5 Å². The third-order valence-electron chi connectivity index (χ3n) is 14.4. The number of imidazole rings is 1. The van der Waals surface area contributed by atoms with Gasteiger partial charge in [0.15, 0.2) is 0 Å². The van der Waals surface area contributed by atoms with Crippen LogP contribution in [-0.2, 0) is 19.4 Å². The first-order valence-corrected chi connectivity index (χ1v) is 26.2. The molecular weight excluding hydrogens is 1110 g/mol. The van der Waals surface area contributed by atoms with Crippen LogP contribution in [0, 0.1) is 29.6 Å². The van der Waals surface area contributed by atoms with Crippen LogP contribution in [0.5, 0.6) is 11.6 Å². The third-order valence-corrected chi connectivity index (χ3v) is 15.4. The Labute approximate surface area is 461 Å². The van der Waals surface area contributed by atoms with Gasteiger partial charge >= 0.3 is 380 Å². The van der Waals surface area contributed by atoms with Crippen molar-refractivity contribution in [1.29, 1.82) is 0 Å². The average molecular weight is 1160 g/mol. The number of fused-ring (bicyclic) bond motifs is 4. The van der Waals surface area contributed by atoms with E-state index in [1.54, 1.807) is 18.2 Å². The molecule has 0 fully saturated rings. The van der Waals surface area contributed by atoms with Gasteiger partial charge in [-0.1, -0.05) is 48.5 Å². The van der Waals surface area contributed by atoms with E-state index in [1.807, 2.05) is 140 Å². The fourth-order valence-corrected chi connectivity index (χ4v) is 12.2. The van der Waals surface area contributed by atoms with Gasteiger partial charge in [-0.2, -0.15) is 12.1 Å². The van der Waals surface area contributed by atoms with Crippen molar-refractivity contribution < 1.29 is 32.3 Å². The average Bonchev–Trinajstić information content (AvgIpc) is 3.33. The van der Waals surface area contributed by atoms with Gasteiger partial charge in [0.25, 0.3) is 0 Å². The van der Waals surface area contributed by atoms with Gasteiger partial charge in [-0.15, -0.1) is 5.39 Å². The Hall–Kier alpha value is -9.03. The first kappa shape index (κ1) is 39.4. The molecule has 6 nitrogen and oxygen atoms in total. The van der Waals surface area contributed by atoms with Crippen LogP contribution in [0.1, 0.15) is 19.4 Å². The topological polar surface area (TPSA) is 40.1 Å². The minimum absolute atomic E-state index is 0.0796. The molecule has 3 aromatic heterocycles. The molecule has 8 heteroatoms. The van der Waals surface area contributed by atoms with Gasteiger partial charge in [0, 0.05) is 5.52 Å². The maximum absolute atomic E-state index is 9.16. The Morgan fingerprint density at radius 2 is 1.17 bits per heavy atom. The summed E-state index contributed by atoms with van der Waals surface area (Å²) in [5.41, 5.74) is 14.0. The molecule has 364 valence electrons. The number of aromatic nitrogens is 4. The van der Waals surface area contributed by atoms with E-state index < -0.39 is 20.7 Å². The number of hydrogen-bond donors (Lipinski definition) is 0. The summed E-state index contributed by atoms with van der Waals surface area (Å²) in [5.74, 6) is 0.786. The van der Waals surface area contributed by atoms with Crippen LogP contribution >= 0.6 is 0 Å². The maximum atomic E-state index is 9.16. The van der Waals surface area contributed by atoms with Crippen LogP contribution in [0.25, 0.3) is 88.7 Å². The van der Waals surface area contributed by atoms with E-state index in [9.17, 15) is 0 Å². The zero-order valence-corrected chi connectivity index (χ0v) is 42.9. The van der Waals surface area contributed by atoms with Crippen molar-refractivity contribution in [2.45, 2.75) is 13.7 Å². The Morgan fingerprint density at radius 3 is 1.93 bits per heavy atom. The van der Waals surface area contributed by atoms with Gasteiger partial charge in [-0.25, -0.2) is 0 Å². The van der Waals surface area contributed by atoms with Crippen LogP contribution in [0.15, 0.2) is 243 Å². The summed E-state index contributed by atoms with van der Waals surface area (Å²) >= 11 is 2.37. The molecule has 0 saturated heterocycles. The molecule has 1 aliphatic heterocycles. The molecule has 4 heterocycles. The molecule has 0 bridgehead atoms. The van der Waals surface area contributed by atoms with Crippen LogP contribution in [0.4, 0.5) is 11.5 Å².